The van der Waals surface area contributed by atoms with E-state index in [-0.39, 0.29) is 5.91 Å². The summed E-state index contributed by atoms with van der Waals surface area (Å²) in [5.74, 6) is 0.107. The van der Waals surface area contributed by atoms with Crippen LogP contribution >= 0.6 is 0 Å². The summed E-state index contributed by atoms with van der Waals surface area (Å²) in [7, 11) is 5.53. The van der Waals surface area contributed by atoms with Gasteiger partial charge in [-0.15, -0.1) is 5.47 Å². The topological polar surface area (TPSA) is 20.3 Å². The highest BCUT2D eigenvalue weighted by molar-refractivity contribution is 6.22. The molecule has 0 N–H and O–H groups in total. The molecule has 1 heterocycles. The van der Waals surface area contributed by atoms with E-state index in [1.165, 1.54) is 0 Å². The molecule has 0 saturated heterocycles. The van der Waals surface area contributed by atoms with Gasteiger partial charge in [0.2, 0.25) is 5.91 Å². The third-order valence-electron chi connectivity index (χ3n) is 1.62. The zero-order valence-electron chi connectivity index (χ0n) is 6.13. The minimum atomic E-state index is 0.107. The lowest BCUT2D eigenvalue weighted by atomic mass is 9.92. The maximum absolute atomic E-state index is 10.8. The van der Waals surface area contributed by atoms with Crippen LogP contribution in [0.1, 0.15) is 13.3 Å². The summed E-state index contributed by atoms with van der Waals surface area (Å²) in [6.45, 7) is 2.99. The largest absolute Gasteiger partial charge is 0.339 e. The average molecular weight is 135 g/mol. The fourth-order valence-electron chi connectivity index (χ4n) is 1.04. The molecule has 0 bridgehead atoms. The Kier molecular flexibility index (Phi) is 2.15. The number of carbonyl (C=O) groups is 1. The van der Waals surface area contributed by atoms with E-state index in [0.717, 1.165) is 18.4 Å². The molecule has 3 heteroatoms. The van der Waals surface area contributed by atoms with Crippen molar-refractivity contribution in [2.45, 2.75) is 13.3 Å². The minimum Gasteiger partial charge on any atom is -0.339 e. The maximum atomic E-state index is 10.8. The van der Waals surface area contributed by atoms with Gasteiger partial charge in [0.15, 0.2) is 0 Å². The van der Waals surface area contributed by atoms with Crippen molar-refractivity contribution in [2.75, 3.05) is 13.1 Å². The second-order valence-corrected chi connectivity index (χ2v) is 2.51. The van der Waals surface area contributed by atoms with Crippen molar-refractivity contribution in [1.29, 1.82) is 0 Å². The van der Waals surface area contributed by atoms with Gasteiger partial charge in [0.05, 0.1) is 0 Å². The van der Waals surface area contributed by atoms with Gasteiger partial charge in [-0.1, -0.05) is 6.08 Å². The second kappa shape index (κ2) is 2.91. The van der Waals surface area contributed by atoms with Gasteiger partial charge in [0.25, 0.3) is 0 Å². The molecule has 0 aromatic heterocycles. The normalized spacial score (nSPS) is 18.5. The van der Waals surface area contributed by atoms with E-state index in [1.807, 2.05) is 6.08 Å². The monoisotopic (exact) mass is 135 g/mol. The lowest BCUT2D eigenvalue weighted by molar-refractivity contribution is -0.128. The third-order valence-corrected chi connectivity index (χ3v) is 1.62. The van der Waals surface area contributed by atoms with E-state index >= 15 is 0 Å². The average Bonchev–Trinajstić information content (AvgIpc) is 1.88. The molecule has 2 radical (unpaired) electrons. The standard InChI is InChI=1S/C7H10BNO/c1-6(10)9-4-2-3-7(8)5-9/h3H,2,4-5H2,1H3. The summed E-state index contributed by atoms with van der Waals surface area (Å²) < 4.78 is 0. The molecular formula is C7H10BNO. The molecule has 2 nitrogen and oxygen atoms in total. The van der Waals surface area contributed by atoms with Gasteiger partial charge in [0, 0.05) is 20.0 Å². The Labute approximate surface area is 62.3 Å². The molecule has 10 heavy (non-hydrogen) atoms. The first kappa shape index (κ1) is 7.38. The van der Waals surface area contributed by atoms with Gasteiger partial charge in [-0.05, 0) is 6.42 Å². The number of carbonyl (C=O) groups excluding carboxylic acids is 1. The molecule has 1 amide bonds. The van der Waals surface area contributed by atoms with E-state index in [1.54, 1.807) is 11.8 Å². The number of hydrogen-bond donors (Lipinski definition) is 0. The SMILES string of the molecule is [B]C1=CCCN(C(C)=O)C1. The molecule has 0 unspecified atom stereocenters. The Balaban J connectivity index is 2.53. The lowest BCUT2D eigenvalue weighted by Crippen LogP contribution is -2.33. The smallest absolute Gasteiger partial charge is 0.219 e. The van der Waals surface area contributed by atoms with Crippen molar-refractivity contribution in [1.82, 2.24) is 4.90 Å². The van der Waals surface area contributed by atoms with E-state index in [4.69, 9.17) is 7.85 Å². The lowest BCUT2D eigenvalue weighted by Gasteiger charge is -2.24. The summed E-state index contributed by atoms with van der Waals surface area (Å²) in [5.41, 5.74) is 0.807. The Bertz CT molecular complexity index is 176. The van der Waals surface area contributed by atoms with Crippen LogP contribution in [0.25, 0.3) is 0 Å². The van der Waals surface area contributed by atoms with Gasteiger partial charge in [-0.3, -0.25) is 4.79 Å². The summed E-state index contributed by atoms with van der Waals surface area (Å²) in [5, 5.41) is 0. The predicted octanol–water partition coefficient (Wildman–Crippen LogP) is 0.291. The second-order valence-electron chi connectivity index (χ2n) is 2.51. The molecule has 0 aromatic carbocycles. The van der Waals surface area contributed by atoms with E-state index in [9.17, 15) is 4.79 Å². The van der Waals surface area contributed by atoms with E-state index < -0.39 is 0 Å². The van der Waals surface area contributed by atoms with Crippen LogP contribution in [0.4, 0.5) is 0 Å². The van der Waals surface area contributed by atoms with Crippen LogP contribution < -0.4 is 0 Å². The van der Waals surface area contributed by atoms with Crippen LogP contribution in [0.15, 0.2) is 11.5 Å². The molecule has 0 aliphatic carbocycles. The van der Waals surface area contributed by atoms with E-state index in [2.05, 4.69) is 0 Å². The number of hydrogen-bond acceptors (Lipinski definition) is 1. The highest BCUT2D eigenvalue weighted by atomic mass is 16.2. The van der Waals surface area contributed by atoms with Crippen LogP contribution in [0.5, 0.6) is 0 Å². The van der Waals surface area contributed by atoms with E-state index in [0.29, 0.717) is 6.54 Å². The highest BCUT2D eigenvalue weighted by Gasteiger charge is 2.10. The fraction of sp³-hybridized carbons (Fsp3) is 0.571. The third kappa shape index (κ3) is 1.63. The molecule has 0 fully saturated rings. The first-order valence-electron chi connectivity index (χ1n) is 3.40. The summed E-state index contributed by atoms with van der Waals surface area (Å²) >= 11 is 0. The van der Waals surface area contributed by atoms with Crippen molar-refractivity contribution in [2.24, 2.45) is 0 Å². The first-order valence-corrected chi connectivity index (χ1v) is 3.40. The van der Waals surface area contributed by atoms with Gasteiger partial charge in [0.1, 0.15) is 7.85 Å². The fourth-order valence-corrected chi connectivity index (χ4v) is 1.04. The molecule has 0 atom stereocenters. The quantitative estimate of drug-likeness (QED) is 0.437. The maximum Gasteiger partial charge on any atom is 0.219 e. The molecule has 52 valence electrons. The predicted molar refractivity (Wildman–Crippen MR) is 40.7 cm³/mol. The number of rotatable bonds is 0. The van der Waals surface area contributed by atoms with Crippen molar-refractivity contribution < 1.29 is 4.79 Å². The van der Waals surface area contributed by atoms with Gasteiger partial charge in [-0.25, -0.2) is 0 Å². The van der Waals surface area contributed by atoms with Gasteiger partial charge < -0.3 is 4.90 Å². The van der Waals surface area contributed by atoms with Crippen LogP contribution in [-0.2, 0) is 4.79 Å². The summed E-state index contributed by atoms with van der Waals surface area (Å²) in [4.78, 5) is 12.5. The van der Waals surface area contributed by atoms with Gasteiger partial charge in [-0.2, -0.15) is 0 Å². The zero-order chi connectivity index (χ0) is 7.56. The molecule has 0 spiro atoms. The minimum absolute atomic E-state index is 0.107. The van der Waals surface area contributed by atoms with Crippen molar-refractivity contribution in [3.63, 3.8) is 0 Å². The van der Waals surface area contributed by atoms with Crippen LogP contribution in [-0.4, -0.2) is 31.7 Å². The Morgan fingerprint density at radius 2 is 2.50 bits per heavy atom. The molecule has 0 saturated carbocycles. The zero-order valence-corrected chi connectivity index (χ0v) is 6.13. The first-order chi connectivity index (χ1) is 4.70. The molecule has 1 rings (SSSR count). The van der Waals surface area contributed by atoms with Crippen molar-refractivity contribution in [3.8, 4) is 0 Å². The van der Waals surface area contributed by atoms with Crippen LogP contribution in [0.2, 0.25) is 0 Å². The summed E-state index contributed by atoms with van der Waals surface area (Å²) in [6, 6.07) is 0. The Hall–Kier alpha value is -0.725. The highest BCUT2D eigenvalue weighted by Crippen LogP contribution is 2.05. The van der Waals surface area contributed by atoms with Crippen molar-refractivity contribution in [3.05, 3.63) is 11.5 Å². The van der Waals surface area contributed by atoms with Crippen LogP contribution in [0.3, 0.4) is 0 Å². The Morgan fingerprint density at radius 3 is 2.90 bits per heavy atom. The van der Waals surface area contributed by atoms with Crippen molar-refractivity contribution >= 4 is 13.8 Å². The Morgan fingerprint density at radius 1 is 1.80 bits per heavy atom. The molecule has 0 aromatic rings. The molecule has 1 aliphatic rings. The molecular weight excluding hydrogens is 125 g/mol. The van der Waals surface area contributed by atoms with Gasteiger partial charge >= 0.3 is 0 Å². The number of amides is 1. The summed E-state index contributed by atoms with van der Waals surface area (Å²) in [6.07, 6.45) is 2.87. The number of nitrogens with zero attached hydrogens (tertiary/aromatic N) is 1. The van der Waals surface area contributed by atoms with Crippen LogP contribution in [0, 0.1) is 0 Å². The molecule has 1 aliphatic heterocycles.